The lowest BCUT2D eigenvalue weighted by Crippen LogP contribution is -2.49. The second-order valence-electron chi connectivity index (χ2n) is 7.62. The highest BCUT2D eigenvalue weighted by molar-refractivity contribution is 5.88. The Bertz CT molecular complexity index is 1120. The molecular formula is C23H25N3O2. The predicted octanol–water partition coefficient (Wildman–Crippen LogP) is 3.74. The first-order chi connectivity index (χ1) is 13.5. The second kappa shape index (κ2) is 7.15. The van der Waals surface area contributed by atoms with Gasteiger partial charge in [-0.1, -0.05) is 30.4 Å². The molecule has 5 heteroatoms. The Kier molecular flexibility index (Phi) is 4.67. The third kappa shape index (κ3) is 3.07. The Morgan fingerprint density at radius 2 is 2.04 bits per heavy atom. The minimum absolute atomic E-state index is 0.0692. The van der Waals surface area contributed by atoms with Crippen LogP contribution in [0.5, 0.6) is 0 Å². The summed E-state index contributed by atoms with van der Waals surface area (Å²) in [6.45, 7) is 5.35. The monoisotopic (exact) mass is 375 g/mol. The Hall–Kier alpha value is -3.08. The molecule has 0 unspecified atom stereocenters. The van der Waals surface area contributed by atoms with Crippen molar-refractivity contribution >= 4 is 16.8 Å². The average molecular weight is 375 g/mol. The van der Waals surface area contributed by atoms with Crippen LogP contribution in [0.15, 0.2) is 59.5 Å². The van der Waals surface area contributed by atoms with Crippen molar-refractivity contribution in [2.45, 2.75) is 38.6 Å². The highest BCUT2D eigenvalue weighted by Crippen LogP contribution is 2.30. The summed E-state index contributed by atoms with van der Waals surface area (Å²) in [7, 11) is 0. The van der Waals surface area contributed by atoms with Crippen molar-refractivity contribution in [3.05, 3.63) is 70.7 Å². The molecule has 1 saturated heterocycles. The zero-order valence-electron chi connectivity index (χ0n) is 16.3. The number of nitrogens with zero attached hydrogens (tertiary/aromatic N) is 1. The van der Waals surface area contributed by atoms with Crippen molar-refractivity contribution in [1.82, 2.24) is 14.9 Å². The van der Waals surface area contributed by atoms with Crippen LogP contribution in [0.4, 0.5) is 0 Å². The van der Waals surface area contributed by atoms with Crippen molar-refractivity contribution in [2.24, 2.45) is 0 Å². The van der Waals surface area contributed by atoms with Gasteiger partial charge in [-0.05, 0) is 50.3 Å². The molecule has 0 saturated carbocycles. The number of carbonyl (C=O) groups is 1. The number of hydrogen-bond donors (Lipinski definition) is 2. The maximum atomic E-state index is 12.8. The van der Waals surface area contributed by atoms with E-state index in [1.54, 1.807) is 0 Å². The van der Waals surface area contributed by atoms with Crippen LogP contribution in [0.25, 0.3) is 22.2 Å². The number of aromatic amines is 1. The van der Waals surface area contributed by atoms with Gasteiger partial charge >= 0.3 is 0 Å². The molecule has 1 fully saturated rings. The van der Waals surface area contributed by atoms with E-state index in [9.17, 15) is 9.59 Å². The quantitative estimate of drug-likeness (QED) is 0.682. The van der Waals surface area contributed by atoms with E-state index in [2.05, 4.69) is 45.3 Å². The van der Waals surface area contributed by atoms with Crippen molar-refractivity contribution < 1.29 is 4.79 Å². The van der Waals surface area contributed by atoms with Crippen LogP contribution in [0.3, 0.4) is 0 Å². The summed E-state index contributed by atoms with van der Waals surface area (Å²) >= 11 is 0. The number of rotatable bonds is 4. The molecule has 2 aromatic heterocycles. The number of fused-ring (bicyclic) bond motifs is 1. The maximum Gasteiger partial charge on any atom is 0.252 e. The van der Waals surface area contributed by atoms with E-state index in [1.165, 1.54) is 5.39 Å². The van der Waals surface area contributed by atoms with Gasteiger partial charge in [0.25, 0.3) is 5.56 Å². The van der Waals surface area contributed by atoms with Crippen LogP contribution in [0.2, 0.25) is 0 Å². The first kappa shape index (κ1) is 18.3. The average Bonchev–Trinajstić information content (AvgIpc) is 3.10. The summed E-state index contributed by atoms with van der Waals surface area (Å²) in [4.78, 5) is 28.2. The summed E-state index contributed by atoms with van der Waals surface area (Å²) in [5, 5.41) is 4.05. The van der Waals surface area contributed by atoms with Gasteiger partial charge in [0.2, 0.25) is 5.91 Å². The molecule has 5 nitrogen and oxygen atoms in total. The number of benzene rings is 1. The molecule has 3 heterocycles. The summed E-state index contributed by atoms with van der Waals surface area (Å²) in [5.41, 5.74) is 2.41. The number of allylic oxidation sites excluding steroid dienone is 2. The van der Waals surface area contributed by atoms with E-state index < -0.39 is 5.41 Å². The Morgan fingerprint density at radius 3 is 2.79 bits per heavy atom. The number of carbonyl (C=O) groups excluding carboxylic acids is 1. The lowest BCUT2D eigenvalue weighted by atomic mass is 9.76. The van der Waals surface area contributed by atoms with Gasteiger partial charge in [-0.25, -0.2) is 0 Å². The van der Waals surface area contributed by atoms with Gasteiger partial charge in [0.05, 0.1) is 5.41 Å². The van der Waals surface area contributed by atoms with Gasteiger partial charge in [-0.3, -0.25) is 9.59 Å². The summed E-state index contributed by atoms with van der Waals surface area (Å²) < 4.78 is 2.18. The first-order valence-electron chi connectivity index (χ1n) is 9.75. The van der Waals surface area contributed by atoms with Gasteiger partial charge in [0.1, 0.15) is 0 Å². The van der Waals surface area contributed by atoms with Gasteiger partial charge in [0.15, 0.2) is 0 Å². The summed E-state index contributed by atoms with van der Waals surface area (Å²) in [5.74, 6) is -0.0692. The largest absolute Gasteiger partial charge is 0.355 e. The summed E-state index contributed by atoms with van der Waals surface area (Å²) in [6.07, 6.45) is 7.78. The van der Waals surface area contributed by atoms with Gasteiger partial charge < -0.3 is 14.9 Å². The molecule has 144 valence electrons. The van der Waals surface area contributed by atoms with Crippen LogP contribution in [-0.4, -0.2) is 22.0 Å². The van der Waals surface area contributed by atoms with Crippen LogP contribution in [0, 0.1) is 0 Å². The molecule has 1 aliphatic rings. The third-order valence-corrected chi connectivity index (χ3v) is 5.77. The lowest BCUT2D eigenvalue weighted by molar-refractivity contribution is -0.128. The second-order valence-corrected chi connectivity index (χ2v) is 7.62. The minimum Gasteiger partial charge on any atom is -0.355 e. The number of aromatic nitrogens is 2. The van der Waals surface area contributed by atoms with E-state index in [4.69, 9.17) is 0 Å². The van der Waals surface area contributed by atoms with E-state index in [0.29, 0.717) is 18.5 Å². The zero-order chi connectivity index (χ0) is 19.7. The Morgan fingerprint density at radius 1 is 1.18 bits per heavy atom. The predicted molar refractivity (Wildman–Crippen MR) is 112 cm³/mol. The van der Waals surface area contributed by atoms with Crippen molar-refractivity contribution in [3.8, 4) is 11.3 Å². The number of amides is 1. The van der Waals surface area contributed by atoms with Gasteiger partial charge in [-0.2, -0.15) is 0 Å². The molecule has 2 N–H and O–H groups in total. The fourth-order valence-corrected chi connectivity index (χ4v) is 4.02. The number of piperidine rings is 1. The Balaban J connectivity index is 1.73. The molecule has 0 aliphatic carbocycles. The normalized spacial score (nSPS) is 20.0. The van der Waals surface area contributed by atoms with E-state index >= 15 is 0 Å². The molecule has 0 bridgehead atoms. The van der Waals surface area contributed by atoms with Crippen molar-refractivity contribution in [1.29, 1.82) is 0 Å². The standard InChI is InChI=1S/C23H25N3O2/c1-3-4-13-26-14-10-16-6-7-17(15-20(16)26)19-9-8-18(21(27)25-19)23(2)11-5-12-24-22(23)28/h3-4,6-10,14-15H,5,11-13H2,1-2H3,(H,24,28)(H,25,27)/b4-3-/t23-/m1/s1. The first-order valence-corrected chi connectivity index (χ1v) is 9.75. The molecule has 1 aromatic carbocycles. The van der Waals surface area contributed by atoms with E-state index in [0.717, 1.165) is 29.7 Å². The van der Waals surface area contributed by atoms with Crippen LogP contribution in [0.1, 0.15) is 32.3 Å². The SMILES string of the molecule is C/C=C\Cn1ccc2ccc(-c3ccc([C@@]4(C)CCCNC4=O)c(=O)[nH]3)cc21. The molecule has 0 radical (unpaired) electrons. The third-order valence-electron chi connectivity index (χ3n) is 5.77. The molecular weight excluding hydrogens is 350 g/mol. The topological polar surface area (TPSA) is 66.9 Å². The smallest absolute Gasteiger partial charge is 0.252 e. The van der Waals surface area contributed by atoms with Gasteiger partial charge in [-0.15, -0.1) is 0 Å². The lowest BCUT2D eigenvalue weighted by Gasteiger charge is -2.32. The van der Waals surface area contributed by atoms with E-state index in [-0.39, 0.29) is 11.5 Å². The number of pyridine rings is 1. The maximum absolute atomic E-state index is 12.8. The molecule has 1 aliphatic heterocycles. The molecule has 0 spiro atoms. The van der Waals surface area contributed by atoms with Crippen LogP contribution < -0.4 is 10.9 Å². The van der Waals surface area contributed by atoms with Crippen LogP contribution in [-0.2, 0) is 16.8 Å². The number of hydrogen-bond acceptors (Lipinski definition) is 2. The minimum atomic E-state index is -0.768. The van der Waals surface area contributed by atoms with Crippen LogP contribution >= 0.6 is 0 Å². The fourth-order valence-electron chi connectivity index (χ4n) is 4.02. The van der Waals surface area contributed by atoms with Gasteiger partial charge in [0, 0.05) is 41.6 Å². The number of H-pyrrole nitrogens is 1. The zero-order valence-corrected chi connectivity index (χ0v) is 16.3. The molecule has 4 rings (SSSR count). The fraction of sp³-hybridized carbons (Fsp3) is 0.304. The van der Waals surface area contributed by atoms with E-state index in [1.807, 2.05) is 38.1 Å². The molecule has 28 heavy (non-hydrogen) atoms. The molecule has 3 aromatic rings. The highest BCUT2D eigenvalue weighted by atomic mass is 16.2. The Labute approximate surface area is 164 Å². The number of nitrogens with one attached hydrogen (secondary N) is 2. The molecule has 1 atom stereocenters. The van der Waals surface area contributed by atoms with Crippen molar-refractivity contribution in [2.75, 3.05) is 6.54 Å². The molecule has 1 amide bonds. The van der Waals surface area contributed by atoms with Crippen molar-refractivity contribution in [3.63, 3.8) is 0 Å². The highest BCUT2D eigenvalue weighted by Gasteiger charge is 2.39. The summed E-state index contributed by atoms with van der Waals surface area (Å²) in [6, 6.07) is 12.0.